The minimum atomic E-state index is -0.277. The standard InChI is InChI=1S/C33H30FN7/c1-20(11-21-7-9-35-10-8-21)38-26-13-24(16-36-17-26)22-5-6-30-28(14-22)33(41-40-30)31-15-27-29(18-37-19-32(27)39-31)23-3-2-4-25(34)12-23/h2-6,12-19,21,35,38-39H,1,7-11H2,(H,40,41). The predicted octanol–water partition coefficient (Wildman–Crippen LogP) is 7.29. The maximum Gasteiger partial charge on any atom is 0.123 e. The SMILES string of the molecule is C=C(CC1CCNCC1)Nc1cncc(-c2ccc3[nH]nc(-c4cc5c(-c6cccc(F)c6)cncc5[nH]4)c3c2)c1. The summed E-state index contributed by atoms with van der Waals surface area (Å²) in [6, 6.07) is 17.0. The number of nitrogens with zero attached hydrogens (tertiary/aromatic N) is 3. The highest BCUT2D eigenvalue weighted by Gasteiger charge is 2.16. The molecule has 0 aliphatic carbocycles. The number of aromatic nitrogens is 5. The van der Waals surface area contributed by atoms with Crippen LogP contribution in [0.15, 0.2) is 91.7 Å². The molecule has 0 amide bonds. The number of hydrogen-bond acceptors (Lipinski definition) is 5. The van der Waals surface area contributed by atoms with Crippen molar-refractivity contribution >= 4 is 27.5 Å². The first-order valence-electron chi connectivity index (χ1n) is 13.9. The first-order valence-corrected chi connectivity index (χ1v) is 13.9. The third-order valence-electron chi connectivity index (χ3n) is 7.89. The molecule has 1 saturated heterocycles. The van der Waals surface area contributed by atoms with Gasteiger partial charge in [0.15, 0.2) is 0 Å². The monoisotopic (exact) mass is 543 g/mol. The molecular weight excluding hydrogens is 513 g/mol. The zero-order chi connectivity index (χ0) is 27.8. The summed E-state index contributed by atoms with van der Waals surface area (Å²) in [6.07, 6.45) is 10.6. The fourth-order valence-electron chi connectivity index (χ4n) is 5.82. The summed E-state index contributed by atoms with van der Waals surface area (Å²) < 4.78 is 14.0. The number of halogens is 1. The topological polar surface area (TPSA) is 94.3 Å². The molecule has 0 saturated carbocycles. The summed E-state index contributed by atoms with van der Waals surface area (Å²) in [5.41, 5.74) is 9.11. The number of pyridine rings is 2. The fourth-order valence-corrected chi connectivity index (χ4v) is 5.82. The first kappa shape index (κ1) is 25.2. The molecule has 7 nitrogen and oxygen atoms in total. The summed E-state index contributed by atoms with van der Waals surface area (Å²) >= 11 is 0. The third kappa shape index (κ3) is 5.10. The zero-order valence-electron chi connectivity index (χ0n) is 22.5. The van der Waals surface area contributed by atoms with Gasteiger partial charge in [-0.1, -0.05) is 24.8 Å². The molecule has 1 aliphatic rings. The number of fused-ring (bicyclic) bond motifs is 2. The maximum absolute atomic E-state index is 14.0. The average Bonchev–Trinajstić information content (AvgIpc) is 3.61. The Morgan fingerprint density at radius 3 is 2.63 bits per heavy atom. The third-order valence-corrected chi connectivity index (χ3v) is 7.89. The number of anilines is 1. The van der Waals surface area contributed by atoms with Gasteiger partial charge in [0.2, 0.25) is 0 Å². The summed E-state index contributed by atoms with van der Waals surface area (Å²) in [7, 11) is 0. The van der Waals surface area contributed by atoms with Crippen molar-refractivity contribution in [3.8, 4) is 33.6 Å². The van der Waals surface area contributed by atoms with Crippen LogP contribution in [0.2, 0.25) is 0 Å². The number of piperidine rings is 1. The molecule has 1 fully saturated rings. The highest BCUT2D eigenvalue weighted by Crippen LogP contribution is 2.35. The van der Waals surface area contributed by atoms with Gasteiger partial charge in [0.25, 0.3) is 0 Å². The second-order valence-corrected chi connectivity index (χ2v) is 10.8. The van der Waals surface area contributed by atoms with Crippen LogP contribution in [0.4, 0.5) is 10.1 Å². The van der Waals surface area contributed by atoms with Gasteiger partial charge in [-0.2, -0.15) is 5.10 Å². The Bertz CT molecular complexity index is 1880. The molecule has 7 rings (SSSR count). The number of benzene rings is 2. The van der Waals surface area contributed by atoms with Gasteiger partial charge in [-0.15, -0.1) is 0 Å². The molecule has 2 aromatic carbocycles. The molecule has 4 N–H and O–H groups in total. The lowest BCUT2D eigenvalue weighted by atomic mass is 9.93. The van der Waals surface area contributed by atoms with E-state index in [-0.39, 0.29) is 5.82 Å². The Morgan fingerprint density at radius 2 is 1.76 bits per heavy atom. The van der Waals surface area contributed by atoms with Crippen LogP contribution in [0.5, 0.6) is 0 Å². The highest BCUT2D eigenvalue weighted by atomic mass is 19.1. The second-order valence-electron chi connectivity index (χ2n) is 10.8. The molecule has 41 heavy (non-hydrogen) atoms. The summed E-state index contributed by atoms with van der Waals surface area (Å²) in [5.74, 6) is 0.389. The van der Waals surface area contributed by atoms with Crippen LogP contribution in [-0.2, 0) is 0 Å². The smallest absolute Gasteiger partial charge is 0.123 e. The highest BCUT2D eigenvalue weighted by molar-refractivity contribution is 6.01. The van der Waals surface area contributed by atoms with Gasteiger partial charge < -0.3 is 15.6 Å². The van der Waals surface area contributed by atoms with Gasteiger partial charge in [0, 0.05) is 40.0 Å². The molecule has 0 unspecified atom stereocenters. The average molecular weight is 544 g/mol. The van der Waals surface area contributed by atoms with E-state index in [9.17, 15) is 4.39 Å². The van der Waals surface area contributed by atoms with Crippen molar-refractivity contribution in [1.29, 1.82) is 0 Å². The number of nitrogens with one attached hydrogen (secondary N) is 4. The van der Waals surface area contributed by atoms with Crippen LogP contribution >= 0.6 is 0 Å². The summed E-state index contributed by atoms with van der Waals surface area (Å²) in [4.78, 5) is 12.4. The molecular formula is C33H30FN7. The molecule has 1 aliphatic heterocycles. The first-order chi connectivity index (χ1) is 20.1. The van der Waals surface area contributed by atoms with Crippen molar-refractivity contribution in [2.75, 3.05) is 18.4 Å². The summed E-state index contributed by atoms with van der Waals surface area (Å²) in [5, 5.41) is 16.6. The van der Waals surface area contributed by atoms with E-state index in [1.165, 1.54) is 25.0 Å². The fraction of sp³-hybridized carbons (Fsp3) is 0.182. The minimum Gasteiger partial charge on any atom is -0.358 e. The quantitative estimate of drug-likeness (QED) is 0.170. The number of H-pyrrole nitrogens is 2. The second kappa shape index (κ2) is 10.6. The van der Waals surface area contributed by atoms with E-state index < -0.39 is 0 Å². The number of aromatic amines is 2. The number of rotatable bonds is 7. The Hall–Kier alpha value is -4.82. The Morgan fingerprint density at radius 1 is 0.878 bits per heavy atom. The largest absolute Gasteiger partial charge is 0.358 e. The predicted molar refractivity (Wildman–Crippen MR) is 163 cm³/mol. The van der Waals surface area contributed by atoms with Crippen LogP contribution in [0.1, 0.15) is 19.3 Å². The van der Waals surface area contributed by atoms with Gasteiger partial charge in [0.1, 0.15) is 11.5 Å². The molecule has 0 radical (unpaired) electrons. The van der Waals surface area contributed by atoms with Crippen LogP contribution in [0.25, 0.3) is 55.4 Å². The molecule has 5 heterocycles. The molecule has 0 spiro atoms. The minimum absolute atomic E-state index is 0.277. The van der Waals surface area contributed by atoms with E-state index in [1.54, 1.807) is 18.5 Å². The normalized spacial score (nSPS) is 14.1. The van der Waals surface area contributed by atoms with Crippen molar-refractivity contribution in [1.82, 2.24) is 30.5 Å². The van der Waals surface area contributed by atoms with Crippen molar-refractivity contribution in [2.45, 2.75) is 19.3 Å². The van der Waals surface area contributed by atoms with E-state index >= 15 is 0 Å². The summed E-state index contributed by atoms with van der Waals surface area (Å²) in [6.45, 7) is 6.44. The lowest BCUT2D eigenvalue weighted by molar-refractivity contribution is 0.373. The van der Waals surface area contributed by atoms with Gasteiger partial charge >= 0.3 is 0 Å². The number of hydrogen-bond donors (Lipinski definition) is 4. The Labute approximate surface area is 237 Å². The van der Waals surface area contributed by atoms with E-state index in [4.69, 9.17) is 0 Å². The van der Waals surface area contributed by atoms with Crippen molar-refractivity contribution in [3.05, 3.63) is 97.5 Å². The van der Waals surface area contributed by atoms with Crippen molar-refractivity contribution in [3.63, 3.8) is 0 Å². The molecule has 0 atom stereocenters. The van der Waals surface area contributed by atoms with Crippen LogP contribution in [0, 0.1) is 11.7 Å². The molecule has 4 aromatic heterocycles. The molecule has 0 bridgehead atoms. The van der Waals surface area contributed by atoms with Crippen LogP contribution < -0.4 is 10.6 Å². The van der Waals surface area contributed by atoms with Crippen LogP contribution in [0.3, 0.4) is 0 Å². The number of allylic oxidation sites excluding steroid dienone is 1. The van der Waals surface area contributed by atoms with Gasteiger partial charge in [-0.05, 0) is 85.8 Å². The van der Waals surface area contributed by atoms with E-state index in [0.717, 1.165) is 86.3 Å². The van der Waals surface area contributed by atoms with Gasteiger partial charge in [-0.25, -0.2) is 4.39 Å². The zero-order valence-corrected chi connectivity index (χ0v) is 22.5. The lowest BCUT2D eigenvalue weighted by Crippen LogP contribution is -2.28. The molecule has 204 valence electrons. The van der Waals surface area contributed by atoms with Crippen molar-refractivity contribution in [2.24, 2.45) is 5.92 Å². The van der Waals surface area contributed by atoms with Gasteiger partial charge in [-0.3, -0.25) is 15.1 Å². The Balaban J connectivity index is 1.19. The van der Waals surface area contributed by atoms with E-state index in [1.807, 2.05) is 24.5 Å². The van der Waals surface area contributed by atoms with Gasteiger partial charge in [0.05, 0.1) is 34.8 Å². The van der Waals surface area contributed by atoms with E-state index in [2.05, 4.69) is 66.6 Å². The molecule has 8 heteroatoms. The lowest BCUT2D eigenvalue weighted by Gasteiger charge is -2.23. The molecule has 6 aromatic rings. The van der Waals surface area contributed by atoms with Crippen molar-refractivity contribution < 1.29 is 4.39 Å². The van der Waals surface area contributed by atoms with E-state index in [0.29, 0.717) is 5.92 Å². The maximum atomic E-state index is 14.0. The van der Waals surface area contributed by atoms with Crippen LogP contribution in [-0.4, -0.2) is 38.2 Å². The Kier molecular flexibility index (Phi) is 6.53.